The Kier molecular flexibility index (Phi) is 8.38. The first-order valence-electron chi connectivity index (χ1n) is 2.38. The van der Waals surface area contributed by atoms with E-state index in [2.05, 4.69) is 0 Å². The molecule has 0 saturated heterocycles. The van der Waals surface area contributed by atoms with Crippen LogP contribution in [-0.2, 0) is 0 Å². The summed E-state index contributed by atoms with van der Waals surface area (Å²) in [5.41, 5.74) is 0.715. The van der Waals surface area contributed by atoms with E-state index in [0.717, 1.165) is 0 Å². The summed E-state index contributed by atoms with van der Waals surface area (Å²) in [6.45, 7) is 0. The molecule has 0 atom stereocenters. The third kappa shape index (κ3) is 3.65. The highest BCUT2D eigenvalue weighted by molar-refractivity contribution is 8.93. The summed E-state index contributed by atoms with van der Waals surface area (Å²) in [7, 11) is 0. The molecule has 0 aromatic heterocycles. The van der Waals surface area contributed by atoms with E-state index in [-0.39, 0.29) is 34.0 Å². The Hall–Kier alpha value is -0.330. The number of halogens is 2. The molecule has 0 bridgehead atoms. The fraction of sp³-hybridized carbons (Fsp3) is 0. The molecule has 1 rings (SSSR count). The topological polar surface area (TPSA) is 23.8 Å². The van der Waals surface area contributed by atoms with Gasteiger partial charge >= 0.3 is 0 Å². The predicted octanol–water partition coefficient (Wildman–Crippen LogP) is 2.71. The summed E-state index contributed by atoms with van der Waals surface area (Å²) in [4.78, 5) is 0. The fourth-order valence-corrected chi connectivity index (χ4v) is 0.513. The molecule has 0 heterocycles. The van der Waals surface area contributed by atoms with Crippen molar-refractivity contribution in [1.29, 1.82) is 5.26 Å². The van der Waals surface area contributed by atoms with Crippen molar-refractivity contribution >= 4 is 34.0 Å². The average Bonchev–Trinajstić information content (AvgIpc) is 1.90. The van der Waals surface area contributed by atoms with Gasteiger partial charge in [0.15, 0.2) is 0 Å². The SMILES string of the molecule is Br.Br.N#Cc1ccccc1. The molecule has 0 radical (unpaired) electrons. The molecule has 1 nitrogen and oxygen atoms in total. The molecule has 0 spiro atoms. The maximum Gasteiger partial charge on any atom is 0.0991 e. The number of hydrogen-bond acceptors (Lipinski definition) is 1. The smallest absolute Gasteiger partial charge is 0.0991 e. The number of rotatable bonds is 0. The van der Waals surface area contributed by atoms with E-state index in [0.29, 0.717) is 5.56 Å². The number of hydrogen-bond donors (Lipinski definition) is 0. The second kappa shape index (κ2) is 6.79. The van der Waals surface area contributed by atoms with Crippen molar-refractivity contribution in [1.82, 2.24) is 0 Å². The third-order valence-electron chi connectivity index (χ3n) is 0.903. The Morgan fingerprint density at radius 1 is 1.00 bits per heavy atom. The van der Waals surface area contributed by atoms with Gasteiger partial charge in [0.2, 0.25) is 0 Å². The molecule has 0 fully saturated rings. The van der Waals surface area contributed by atoms with Gasteiger partial charge in [-0.2, -0.15) is 5.26 Å². The second-order valence-corrected chi connectivity index (χ2v) is 1.48. The van der Waals surface area contributed by atoms with Gasteiger partial charge in [-0.1, -0.05) is 18.2 Å². The summed E-state index contributed by atoms with van der Waals surface area (Å²) in [6.07, 6.45) is 0. The average molecular weight is 265 g/mol. The van der Waals surface area contributed by atoms with E-state index in [4.69, 9.17) is 5.26 Å². The summed E-state index contributed by atoms with van der Waals surface area (Å²) in [5.74, 6) is 0. The first kappa shape index (κ1) is 12.4. The molecule has 0 saturated carbocycles. The molecule has 10 heavy (non-hydrogen) atoms. The normalized spacial score (nSPS) is 6.30. The van der Waals surface area contributed by atoms with Crippen LogP contribution < -0.4 is 0 Å². The van der Waals surface area contributed by atoms with Crippen LogP contribution in [0.2, 0.25) is 0 Å². The van der Waals surface area contributed by atoms with E-state index in [1.807, 2.05) is 24.3 Å². The Morgan fingerprint density at radius 3 is 1.80 bits per heavy atom. The Bertz CT molecular complexity index is 203. The molecule has 0 amide bonds. The molecule has 0 aliphatic heterocycles. The monoisotopic (exact) mass is 263 g/mol. The summed E-state index contributed by atoms with van der Waals surface area (Å²) < 4.78 is 0. The summed E-state index contributed by atoms with van der Waals surface area (Å²) >= 11 is 0. The minimum absolute atomic E-state index is 0. The molecule has 0 aliphatic rings. The lowest BCUT2D eigenvalue weighted by Crippen LogP contribution is -1.66. The largest absolute Gasteiger partial charge is 0.192 e. The van der Waals surface area contributed by atoms with Gasteiger partial charge in [0, 0.05) is 0 Å². The van der Waals surface area contributed by atoms with Gasteiger partial charge in [0.05, 0.1) is 11.6 Å². The maximum atomic E-state index is 8.29. The van der Waals surface area contributed by atoms with Crippen LogP contribution in [0.5, 0.6) is 0 Å². The van der Waals surface area contributed by atoms with Crippen molar-refractivity contribution in [2.75, 3.05) is 0 Å². The zero-order valence-electron chi connectivity index (χ0n) is 5.15. The van der Waals surface area contributed by atoms with Crippen LogP contribution in [0.3, 0.4) is 0 Å². The standard InChI is InChI=1S/C7H5N.2BrH/c8-6-7-4-2-1-3-5-7;;/h1-5H;2*1H. The zero-order valence-corrected chi connectivity index (χ0v) is 8.58. The van der Waals surface area contributed by atoms with Crippen molar-refractivity contribution in [3.63, 3.8) is 0 Å². The zero-order chi connectivity index (χ0) is 5.82. The molecular weight excluding hydrogens is 258 g/mol. The van der Waals surface area contributed by atoms with E-state index in [1.54, 1.807) is 12.1 Å². The van der Waals surface area contributed by atoms with Crippen LogP contribution in [0, 0.1) is 11.3 Å². The van der Waals surface area contributed by atoms with Gasteiger partial charge in [-0.05, 0) is 12.1 Å². The minimum atomic E-state index is 0. The second-order valence-electron chi connectivity index (χ2n) is 1.48. The minimum Gasteiger partial charge on any atom is -0.192 e. The quantitative estimate of drug-likeness (QED) is 0.707. The molecule has 0 aliphatic carbocycles. The molecule has 0 unspecified atom stereocenters. The van der Waals surface area contributed by atoms with Gasteiger partial charge in [-0.25, -0.2) is 0 Å². The van der Waals surface area contributed by atoms with Crippen LogP contribution in [0.25, 0.3) is 0 Å². The Morgan fingerprint density at radius 2 is 1.50 bits per heavy atom. The van der Waals surface area contributed by atoms with Gasteiger partial charge in [0.1, 0.15) is 0 Å². The van der Waals surface area contributed by atoms with E-state index < -0.39 is 0 Å². The van der Waals surface area contributed by atoms with Crippen molar-refractivity contribution in [3.8, 4) is 6.07 Å². The fourth-order valence-electron chi connectivity index (χ4n) is 0.513. The lowest BCUT2D eigenvalue weighted by molar-refractivity contribution is 1.49. The van der Waals surface area contributed by atoms with E-state index in [9.17, 15) is 0 Å². The van der Waals surface area contributed by atoms with E-state index in [1.165, 1.54) is 0 Å². The highest BCUT2D eigenvalue weighted by Gasteiger charge is 1.79. The molecule has 1 aromatic carbocycles. The van der Waals surface area contributed by atoms with Crippen LogP contribution in [0.1, 0.15) is 5.56 Å². The molecule has 3 heteroatoms. The van der Waals surface area contributed by atoms with Crippen molar-refractivity contribution in [2.24, 2.45) is 0 Å². The van der Waals surface area contributed by atoms with Gasteiger partial charge in [0.25, 0.3) is 0 Å². The lowest BCUT2D eigenvalue weighted by atomic mass is 10.2. The van der Waals surface area contributed by atoms with Crippen molar-refractivity contribution < 1.29 is 0 Å². The first-order chi connectivity index (χ1) is 3.93. The van der Waals surface area contributed by atoms with Gasteiger partial charge in [-0.3, -0.25) is 0 Å². The number of nitriles is 1. The van der Waals surface area contributed by atoms with Crippen LogP contribution >= 0.6 is 34.0 Å². The lowest BCUT2D eigenvalue weighted by Gasteiger charge is -1.80. The third-order valence-corrected chi connectivity index (χ3v) is 0.903. The maximum absolute atomic E-state index is 8.29. The molecular formula is C7H7Br2N. The molecule has 0 N–H and O–H groups in total. The Balaban J connectivity index is 0. The van der Waals surface area contributed by atoms with Crippen molar-refractivity contribution in [2.45, 2.75) is 0 Å². The van der Waals surface area contributed by atoms with Crippen LogP contribution in [0.15, 0.2) is 30.3 Å². The summed E-state index contributed by atoms with van der Waals surface area (Å²) in [6, 6.07) is 11.2. The highest BCUT2D eigenvalue weighted by atomic mass is 79.9. The molecule has 1 aromatic rings. The van der Waals surface area contributed by atoms with Gasteiger partial charge < -0.3 is 0 Å². The Labute approximate surface area is 81.2 Å². The van der Waals surface area contributed by atoms with Gasteiger partial charge in [-0.15, -0.1) is 34.0 Å². The first-order valence-corrected chi connectivity index (χ1v) is 2.38. The van der Waals surface area contributed by atoms with Crippen molar-refractivity contribution in [3.05, 3.63) is 35.9 Å². The van der Waals surface area contributed by atoms with E-state index >= 15 is 0 Å². The highest BCUT2D eigenvalue weighted by Crippen LogP contribution is 1.92. The molecule has 54 valence electrons. The van der Waals surface area contributed by atoms with Crippen LogP contribution in [-0.4, -0.2) is 0 Å². The predicted molar refractivity (Wildman–Crippen MR) is 51.8 cm³/mol. The van der Waals surface area contributed by atoms with Crippen LogP contribution in [0.4, 0.5) is 0 Å². The number of benzene rings is 1. The number of nitrogens with zero attached hydrogens (tertiary/aromatic N) is 1. The summed E-state index contributed by atoms with van der Waals surface area (Å²) in [5, 5.41) is 8.29.